The van der Waals surface area contributed by atoms with Crippen LogP contribution >= 0.6 is 0 Å². The van der Waals surface area contributed by atoms with Gasteiger partial charge in [-0.1, -0.05) is 20.8 Å². The standard InChI is InChI=1S/C21H30N4O5S/c1-6-13-25-20(26)12-10-17(23-25)21(27)22-18-14-16(9-11-19(18)30-15(4)5)31(28,29)24(7-2)8-3/h9-12,14-15H,6-8,13H2,1-5H3,(H,22,27). The van der Waals surface area contributed by atoms with Gasteiger partial charge in [-0.2, -0.15) is 9.40 Å². The van der Waals surface area contributed by atoms with Gasteiger partial charge in [0.15, 0.2) is 0 Å². The third-order valence-corrected chi connectivity index (χ3v) is 6.49. The summed E-state index contributed by atoms with van der Waals surface area (Å²) in [5, 5.41) is 6.78. The molecule has 1 heterocycles. The molecule has 0 saturated heterocycles. The van der Waals surface area contributed by atoms with Crippen LogP contribution in [0.3, 0.4) is 0 Å². The molecule has 2 rings (SSSR count). The van der Waals surface area contributed by atoms with Crippen LogP contribution in [0.25, 0.3) is 0 Å². The van der Waals surface area contributed by atoms with Gasteiger partial charge in [-0.05, 0) is 44.5 Å². The largest absolute Gasteiger partial charge is 0.489 e. The molecule has 0 saturated carbocycles. The van der Waals surface area contributed by atoms with E-state index in [-0.39, 0.29) is 27.9 Å². The lowest BCUT2D eigenvalue weighted by atomic mass is 10.2. The molecule has 9 nitrogen and oxygen atoms in total. The highest BCUT2D eigenvalue weighted by Gasteiger charge is 2.24. The van der Waals surface area contributed by atoms with Crippen molar-refractivity contribution in [3.8, 4) is 5.75 Å². The number of sulfonamides is 1. The summed E-state index contributed by atoms with van der Waals surface area (Å²) in [5.41, 5.74) is -0.0444. The lowest BCUT2D eigenvalue weighted by molar-refractivity contribution is 0.101. The summed E-state index contributed by atoms with van der Waals surface area (Å²) in [5.74, 6) is -0.237. The van der Waals surface area contributed by atoms with Crippen molar-refractivity contribution in [2.75, 3.05) is 18.4 Å². The minimum absolute atomic E-state index is 0.0422. The SMILES string of the molecule is CCCn1nc(C(=O)Nc2cc(S(=O)(=O)N(CC)CC)ccc2OC(C)C)ccc1=O. The van der Waals surface area contributed by atoms with Crippen LogP contribution in [0.5, 0.6) is 5.75 Å². The number of anilines is 1. The lowest BCUT2D eigenvalue weighted by Gasteiger charge is -2.20. The molecule has 31 heavy (non-hydrogen) atoms. The Kier molecular flexibility index (Phi) is 8.35. The monoisotopic (exact) mass is 450 g/mol. The molecule has 0 radical (unpaired) electrons. The van der Waals surface area contributed by atoms with Gasteiger partial charge in [-0.15, -0.1) is 0 Å². The Morgan fingerprint density at radius 1 is 1.16 bits per heavy atom. The number of hydrogen-bond donors (Lipinski definition) is 1. The van der Waals surface area contributed by atoms with Crippen molar-refractivity contribution in [1.29, 1.82) is 0 Å². The van der Waals surface area contributed by atoms with Crippen molar-refractivity contribution >= 4 is 21.6 Å². The molecule has 1 aromatic heterocycles. The molecule has 0 bridgehead atoms. The summed E-state index contributed by atoms with van der Waals surface area (Å²) >= 11 is 0. The summed E-state index contributed by atoms with van der Waals surface area (Å²) in [6.45, 7) is 10.1. The molecule has 10 heteroatoms. The van der Waals surface area contributed by atoms with Gasteiger partial charge in [0.25, 0.3) is 11.5 Å². The Morgan fingerprint density at radius 3 is 2.42 bits per heavy atom. The minimum atomic E-state index is -3.72. The maximum Gasteiger partial charge on any atom is 0.276 e. The Hall–Kier alpha value is -2.72. The van der Waals surface area contributed by atoms with Gasteiger partial charge < -0.3 is 10.1 Å². The zero-order valence-electron chi connectivity index (χ0n) is 18.6. The summed E-state index contributed by atoms with van der Waals surface area (Å²) in [7, 11) is -3.72. The molecule has 1 N–H and O–H groups in total. The second-order valence-corrected chi connectivity index (χ2v) is 9.09. The van der Waals surface area contributed by atoms with E-state index in [1.165, 1.54) is 39.3 Å². The van der Waals surface area contributed by atoms with Crippen LogP contribution in [0.2, 0.25) is 0 Å². The van der Waals surface area contributed by atoms with E-state index in [0.29, 0.717) is 31.8 Å². The van der Waals surface area contributed by atoms with Gasteiger partial charge >= 0.3 is 0 Å². The molecule has 170 valence electrons. The minimum Gasteiger partial charge on any atom is -0.489 e. The van der Waals surface area contributed by atoms with Crippen LogP contribution in [0.4, 0.5) is 5.69 Å². The van der Waals surface area contributed by atoms with Crippen LogP contribution in [0, 0.1) is 0 Å². The smallest absolute Gasteiger partial charge is 0.276 e. The number of hydrogen-bond acceptors (Lipinski definition) is 6. The zero-order chi connectivity index (χ0) is 23.2. The van der Waals surface area contributed by atoms with Gasteiger partial charge in [0.1, 0.15) is 11.4 Å². The number of rotatable bonds is 10. The van der Waals surface area contributed by atoms with Crippen LogP contribution in [0.15, 0.2) is 40.0 Å². The van der Waals surface area contributed by atoms with Crippen molar-refractivity contribution in [1.82, 2.24) is 14.1 Å². The first-order valence-electron chi connectivity index (χ1n) is 10.3. The van der Waals surface area contributed by atoms with Crippen LogP contribution in [-0.4, -0.2) is 47.6 Å². The Labute approximate surface area is 183 Å². The van der Waals surface area contributed by atoms with E-state index in [0.717, 1.165) is 0 Å². The van der Waals surface area contributed by atoms with Crippen molar-refractivity contribution in [2.45, 2.75) is 58.6 Å². The maximum atomic E-state index is 12.9. The van der Waals surface area contributed by atoms with E-state index in [1.807, 2.05) is 20.8 Å². The number of carbonyl (C=O) groups excluding carboxylic acids is 1. The lowest BCUT2D eigenvalue weighted by Crippen LogP contribution is -2.30. The van der Waals surface area contributed by atoms with Gasteiger partial charge in [0.05, 0.1) is 16.7 Å². The predicted octanol–water partition coefficient (Wildman–Crippen LogP) is 2.72. The number of amides is 1. The first-order valence-corrected chi connectivity index (χ1v) is 11.8. The Balaban J connectivity index is 2.46. The Bertz CT molecular complexity index is 1080. The molecule has 0 aliphatic carbocycles. The van der Waals surface area contributed by atoms with Crippen molar-refractivity contribution in [3.63, 3.8) is 0 Å². The molecular formula is C21H30N4O5S. The molecule has 0 fully saturated rings. The van der Waals surface area contributed by atoms with E-state index in [2.05, 4.69) is 10.4 Å². The fourth-order valence-corrected chi connectivity index (χ4v) is 4.45. The van der Waals surface area contributed by atoms with Crippen molar-refractivity contribution in [2.24, 2.45) is 0 Å². The second kappa shape index (κ2) is 10.5. The number of nitrogens with one attached hydrogen (secondary N) is 1. The number of benzene rings is 1. The molecule has 0 atom stereocenters. The summed E-state index contributed by atoms with van der Waals surface area (Å²) in [4.78, 5) is 24.7. The number of carbonyl (C=O) groups is 1. The molecule has 0 spiro atoms. The third kappa shape index (κ3) is 5.92. The van der Waals surface area contributed by atoms with E-state index in [1.54, 1.807) is 13.8 Å². The van der Waals surface area contributed by atoms with Crippen molar-refractivity contribution < 1.29 is 17.9 Å². The normalized spacial score (nSPS) is 11.7. The number of ether oxygens (including phenoxy) is 1. The highest BCUT2D eigenvalue weighted by Crippen LogP contribution is 2.30. The van der Waals surface area contributed by atoms with Gasteiger partial charge in [-0.25, -0.2) is 13.1 Å². The summed E-state index contributed by atoms with van der Waals surface area (Å²) < 4.78 is 34.1. The first-order chi connectivity index (χ1) is 14.6. The maximum absolute atomic E-state index is 12.9. The highest BCUT2D eigenvalue weighted by molar-refractivity contribution is 7.89. The Morgan fingerprint density at radius 2 is 1.84 bits per heavy atom. The third-order valence-electron chi connectivity index (χ3n) is 4.44. The van der Waals surface area contributed by atoms with Crippen LogP contribution in [-0.2, 0) is 16.6 Å². The molecule has 0 aliphatic heterocycles. The predicted molar refractivity (Wildman–Crippen MR) is 119 cm³/mol. The number of aryl methyl sites for hydroxylation is 1. The van der Waals surface area contributed by atoms with E-state index >= 15 is 0 Å². The van der Waals surface area contributed by atoms with Gasteiger partial charge in [0.2, 0.25) is 10.0 Å². The fourth-order valence-electron chi connectivity index (χ4n) is 2.96. The van der Waals surface area contributed by atoms with E-state index in [9.17, 15) is 18.0 Å². The fraction of sp³-hybridized carbons (Fsp3) is 0.476. The first kappa shape index (κ1) is 24.5. The van der Waals surface area contributed by atoms with Crippen molar-refractivity contribution in [3.05, 3.63) is 46.4 Å². The van der Waals surface area contributed by atoms with Crippen LogP contribution in [0.1, 0.15) is 51.5 Å². The molecule has 0 aliphatic rings. The topological polar surface area (TPSA) is 111 Å². The zero-order valence-corrected chi connectivity index (χ0v) is 19.4. The molecular weight excluding hydrogens is 420 g/mol. The molecule has 0 unspecified atom stereocenters. The van der Waals surface area contributed by atoms with Crippen LogP contribution < -0.4 is 15.6 Å². The second-order valence-electron chi connectivity index (χ2n) is 7.15. The average molecular weight is 451 g/mol. The van der Waals surface area contributed by atoms with Gasteiger partial charge in [0, 0.05) is 25.7 Å². The summed E-state index contributed by atoms with van der Waals surface area (Å²) in [6, 6.07) is 6.98. The number of aromatic nitrogens is 2. The van der Waals surface area contributed by atoms with Gasteiger partial charge in [-0.3, -0.25) is 9.59 Å². The highest BCUT2D eigenvalue weighted by atomic mass is 32.2. The molecule has 1 amide bonds. The molecule has 1 aromatic carbocycles. The quantitative estimate of drug-likeness (QED) is 0.596. The summed E-state index contributed by atoms with van der Waals surface area (Å²) in [6.07, 6.45) is 0.501. The van der Waals surface area contributed by atoms with E-state index < -0.39 is 15.9 Å². The molecule has 2 aromatic rings. The van der Waals surface area contributed by atoms with E-state index in [4.69, 9.17) is 4.74 Å². The number of nitrogens with zero attached hydrogens (tertiary/aromatic N) is 3. The average Bonchev–Trinajstić information content (AvgIpc) is 2.71.